The van der Waals surface area contributed by atoms with Crippen molar-refractivity contribution in [3.8, 4) is 0 Å². The van der Waals surface area contributed by atoms with Crippen molar-refractivity contribution < 1.29 is 4.39 Å². The summed E-state index contributed by atoms with van der Waals surface area (Å²) in [5.41, 5.74) is 5.92. The van der Waals surface area contributed by atoms with Crippen molar-refractivity contribution in [3.63, 3.8) is 0 Å². The fourth-order valence-electron chi connectivity index (χ4n) is 0.521. The van der Waals surface area contributed by atoms with E-state index in [1.165, 1.54) is 12.2 Å². The van der Waals surface area contributed by atoms with E-state index in [0.717, 1.165) is 6.21 Å². The number of nitrogens with zero attached hydrogens (tertiary/aromatic N) is 1. The maximum atomic E-state index is 12.2. The zero-order chi connectivity index (χ0) is 6.69. The Labute approximate surface area is 52.6 Å². The Morgan fingerprint density at radius 2 is 2.33 bits per heavy atom. The third-order valence-electron chi connectivity index (χ3n) is 0.945. The van der Waals surface area contributed by atoms with Gasteiger partial charge >= 0.3 is 0 Å². The van der Waals surface area contributed by atoms with E-state index in [0.29, 0.717) is 12.2 Å². The van der Waals surface area contributed by atoms with Gasteiger partial charge in [-0.3, -0.25) is 4.99 Å². The molecule has 0 saturated carbocycles. The summed E-state index contributed by atoms with van der Waals surface area (Å²) in [6.45, 7) is 0.393. The fraction of sp³-hybridized carbons (Fsp3) is 0.167. The molecule has 1 aliphatic rings. The molecule has 3 heteroatoms. The molecule has 0 saturated heterocycles. The van der Waals surface area contributed by atoms with Crippen molar-refractivity contribution in [2.75, 3.05) is 6.54 Å². The van der Waals surface area contributed by atoms with E-state index in [4.69, 9.17) is 5.73 Å². The van der Waals surface area contributed by atoms with Crippen LogP contribution in [-0.2, 0) is 0 Å². The van der Waals surface area contributed by atoms with E-state index in [1.807, 2.05) is 0 Å². The highest BCUT2D eigenvalue weighted by atomic mass is 19.1. The maximum Gasteiger partial charge on any atom is 0.141 e. The molecule has 0 unspecified atom stereocenters. The van der Waals surface area contributed by atoms with Crippen molar-refractivity contribution in [2.45, 2.75) is 0 Å². The van der Waals surface area contributed by atoms with Crippen molar-refractivity contribution >= 4 is 6.21 Å². The second-order valence-electron chi connectivity index (χ2n) is 1.76. The molecule has 1 rings (SSSR count). The highest BCUT2D eigenvalue weighted by Gasteiger charge is 1.92. The summed E-state index contributed by atoms with van der Waals surface area (Å²) in [5, 5.41) is 0. The van der Waals surface area contributed by atoms with Gasteiger partial charge in [-0.15, -0.1) is 0 Å². The van der Waals surface area contributed by atoms with Crippen LogP contribution in [0.15, 0.2) is 28.7 Å². The molecule has 0 fully saturated rings. The van der Waals surface area contributed by atoms with Gasteiger partial charge in [0.25, 0.3) is 0 Å². The van der Waals surface area contributed by atoms with Gasteiger partial charge in [0, 0.05) is 5.70 Å². The predicted molar refractivity (Wildman–Crippen MR) is 34.8 cm³/mol. The van der Waals surface area contributed by atoms with E-state index in [1.54, 1.807) is 0 Å². The average Bonchev–Trinajstić information content (AvgIpc) is 1.97. The molecule has 0 aromatic rings. The molecular weight excluding hydrogens is 119 g/mol. The van der Waals surface area contributed by atoms with Crippen LogP contribution in [0.5, 0.6) is 0 Å². The highest BCUT2D eigenvalue weighted by molar-refractivity contribution is 5.76. The van der Waals surface area contributed by atoms with Gasteiger partial charge in [0.05, 0.1) is 12.8 Å². The van der Waals surface area contributed by atoms with Gasteiger partial charge in [-0.05, 0) is 12.2 Å². The highest BCUT2D eigenvalue weighted by Crippen LogP contribution is 1.98. The summed E-state index contributed by atoms with van der Waals surface area (Å²) in [4.78, 5) is 3.67. The van der Waals surface area contributed by atoms with Crippen molar-refractivity contribution in [1.82, 2.24) is 0 Å². The molecule has 0 aliphatic carbocycles. The molecule has 0 radical (unpaired) electrons. The van der Waals surface area contributed by atoms with Crippen LogP contribution in [0.1, 0.15) is 0 Å². The minimum atomic E-state index is -0.351. The summed E-state index contributed by atoms with van der Waals surface area (Å²) in [6, 6.07) is 0. The van der Waals surface area contributed by atoms with Crippen LogP contribution >= 0.6 is 0 Å². The summed E-state index contributed by atoms with van der Waals surface area (Å²) in [6.07, 6.45) is 3.98. The number of allylic oxidation sites excluding steroid dienone is 3. The smallest absolute Gasteiger partial charge is 0.141 e. The molecule has 9 heavy (non-hydrogen) atoms. The molecule has 2 nitrogen and oxygen atoms in total. The van der Waals surface area contributed by atoms with Gasteiger partial charge in [-0.1, -0.05) is 0 Å². The summed E-state index contributed by atoms with van der Waals surface area (Å²) in [7, 11) is 0. The lowest BCUT2D eigenvalue weighted by Crippen LogP contribution is -1.98. The lowest BCUT2D eigenvalue weighted by atomic mass is 10.4. The van der Waals surface area contributed by atoms with Crippen LogP contribution in [0.4, 0.5) is 4.39 Å². The molecule has 0 spiro atoms. The standard InChI is InChI=1S/C6H7FN2/c7-5-1-2-6(8)4-9-3-5/h1-3H,4,8H2. The number of hydrogen-bond donors (Lipinski definition) is 1. The van der Waals surface area contributed by atoms with Gasteiger partial charge in [0.2, 0.25) is 0 Å². The molecule has 48 valence electrons. The van der Waals surface area contributed by atoms with E-state index in [9.17, 15) is 4.39 Å². The van der Waals surface area contributed by atoms with E-state index < -0.39 is 0 Å². The zero-order valence-corrected chi connectivity index (χ0v) is 4.84. The monoisotopic (exact) mass is 126 g/mol. The topological polar surface area (TPSA) is 38.4 Å². The number of halogens is 1. The van der Waals surface area contributed by atoms with E-state index >= 15 is 0 Å². The van der Waals surface area contributed by atoms with Gasteiger partial charge in [-0.2, -0.15) is 0 Å². The average molecular weight is 126 g/mol. The number of nitrogens with two attached hydrogens (primary N) is 1. The van der Waals surface area contributed by atoms with Crippen molar-refractivity contribution in [2.24, 2.45) is 10.7 Å². The lowest BCUT2D eigenvalue weighted by Gasteiger charge is -1.87. The molecule has 0 aromatic carbocycles. The third-order valence-corrected chi connectivity index (χ3v) is 0.945. The number of aliphatic imine (C=N–C) groups is 1. The van der Waals surface area contributed by atoms with Gasteiger partial charge < -0.3 is 5.73 Å². The van der Waals surface area contributed by atoms with Crippen molar-refractivity contribution in [1.29, 1.82) is 0 Å². The minimum Gasteiger partial charge on any atom is -0.401 e. The van der Waals surface area contributed by atoms with E-state index in [2.05, 4.69) is 4.99 Å². The van der Waals surface area contributed by atoms with Gasteiger partial charge in [-0.25, -0.2) is 4.39 Å². The predicted octanol–water partition coefficient (Wildman–Crippen LogP) is 0.767. The molecule has 0 bridgehead atoms. The summed E-state index contributed by atoms with van der Waals surface area (Å²) in [5.74, 6) is -0.351. The third kappa shape index (κ3) is 1.68. The molecular formula is C6H7FN2. The lowest BCUT2D eigenvalue weighted by molar-refractivity contribution is 0.686. The van der Waals surface area contributed by atoms with Crippen molar-refractivity contribution in [3.05, 3.63) is 23.7 Å². The van der Waals surface area contributed by atoms with Crippen LogP contribution < -0.4 is 5.73 Å². The normalized spacial score (nSPS) is 18.3. The Bertz CT molecular complexity index is 191. The zero-order valence-electron chi connectivity index (χ0n) is 4.84. The molecule has 1 heterocycles. The molecule has 0 atom stereocenters. The number of rotatable bonds is 0. The van der Waals surface area contributed by atoms with Crippen LogP contribution in [-0.4, -0.2) is 12.8 Å². The fourth-order valence-corrected chi connectivity index (χ4v) is 0.521. The summed E-state index contributed by atoms with van der Waals surface area (Å²) >= 11 is 0. The van der Waals surface area contributed by atoms with Crippen LogP contribution in [0.3, 0.4) is 0 Å². The second-order valence-corrected chi connectivity index (χ2v) is 1.76. The number of hydrogen-bond acceptors (Lipinski definition) is 2. The van der Waals surface area contributed by atoms with Gasteiger partial charge in [0.15, 0.2) is 0 Å². The Hall–Kier alpha value is -1.12. The van der Waals surface area contributed by atoms with Crippen LogP contribution in [0, 0.1) is 0 Å². The Morgan fingerprint density at radius 1 is 1.56 bits per heavy atom. The Kier molecular flexibility index (Phi) is 1.63. The first-order valence-electron chi connectivity index (χ1n) is 2.60. The first-order valence-corrected chi connectivity index (χ1v) is 2.60. The van der Waals surface area contributed by atoms with Crippen LogP contribution in [0.25, 0.3) is 0 Å². The minimum absolute atomic E-state index is 0.351. The molecule has 1 aliphatic heterocycles. The largest absolute Gasteiger partial charge is 0.401 e. The molecule has 0 amide bonds. The second kappa shape index (κ2) is 2.44. The van der Waals surface area contributed by atoms with E-state index in [-0.39, 0.29) is 5.83 Å². The van der Waals surface area contributed by atoms with Crippen LogP contribution in [0.2, 0.25) is 0 Å². The Morgan fingerprint density at radius 3 is 3.11 bits per heavy atom. The summed E-state index contributed by atoms with van der Waals surface area (Å²) < 4.78 is 12.2. The first kappa shape index (κ1) is 6.01. The first-order chi connectivity index (χ1) is 4.29. The molecule has 2 N–H and O–H groups in total. The SMILES string of the molecule is NC1=CC=C(F)C=NC1. The Balaban J connectivity index is 2.80. The maximum absolute atomic E-state index is 12.2. The molecule has 0 aromatic heterocycles. The quantitative estimate of drug-likeness (QED) is 0.511. The van der Waals surface area contributed by atoms with Gasteiger partial charge in [0.1, 0.15) is 5.83 Å².